The highest BCUT2D eigenvalue weighted by Gasteiger charge is 2.23. The lowest BCUT2D eigenvalue weighted by atomic mass is 10.1. The molecular weight excluding hydrogens is 334 g/mol. The number of carbonyl (C=O) groups excluding carboxylic acids is 1. The molecule has 0 fully saturated rings. The summed E-state index contributed by atoms with van der Waals surface area (Å²) in [5, 5.41) is 0. The van der Waals surface area contributed by atoms with E-state index in [1.165, 1.54) is 21.3 Å². The first-order chi connectivity index (χ1) is 12.6. The van der Waals surface area contributed by atoms with Crippen LogP contribution in [0.4, 0.5) is 0 Å². The summed E-state index contributed by atoms with van der Waals surface area (Å²) in [6.45, 7) is 0. The van der Waals surface area contributed by atoms with Crippen molar-refractivity contribution < 1.29 is 23.7 Å². The van der Waals surface area contributed by atoms with E-state index in [-0.39, 0.29) is 5.70 Å². The standard InChI is InChI=1S/C20H19NO5/c1-23-16-10-14(11-17(24-2)19(16)25-3)9-15-20(22)26-18(21-15)12-13-7-5-4-6-8-13/h4-11H,12H2,1-3H3/b15-9+. The summed E-state index contributed by atoms with van der Waals surface area (Å²) in [6, 6.07) is 13.2. The van der Waals surface area contributed by atoms with Gasteiger partial charge in [-0.1, -0.05) is 30.3 Å². The summed E-state index contributed by atoms with van der Waals surface area (Å²) < 4.78 is 21.2. The molecule has 6 heteroatoms. The maximum atomic E-state index is 12.1. The zero-order valence-corrected chi connectivity index (χ0v) is 14.8. The number of aliphatic imine (C=N–C) groups is 1. The second kappa shape index (κ2) is 7.74. The van der Waals surface area contributed by atoms with Crippen molar-refractivity contribution in [1.82, 2.24) is 0 Å². The molecule has 0 aliphatic carbocycles. The van der Waals surface area contributed by atoms with E-state index >= 15 is 0 Å². The average molecular weight is 353 g/mol. The minimum Gasteiger partial charge on any atom is -0.493 e. The molecule has 1 aliphatic heterocycles. The quantitative estimate of drug-likeness (QED) is 0.589. The molecule has 0 saturated heterocycles. The molecule has 3 rings (SSSR count). The number of ether oxygens (including phenoxy) is 4. The molecule has 0 amide bonds. The van der Waals surface area contributed by atoms with Crippen LogP contribution >= 0.6 is 0 Å². The Morgan fingerprint density at radius 1 is 1.00 bits per heavy atom. The molecule has 2 aromatic rings. The van der Waals surface area contributed by atoms with Crippen molar-refractivity contribution in [3.8, 4) is 17.2 Å². The topological polar surface area (TPSA) is 66.4 Å². The maximum Gasteiger partial charge on any atom is 0.363 e. The van der Waals surface area contributed by atoms with Crippen LogP contribution in [0.2, 0.25) is 0 Å². The van der Waals surface area contributed by atoms with E-state index in [1.807, 2.05) is 30.3 Å². The summed E-state index contributed by atoms with van der Waals surface area (Å²) in [5.74, 6) is 1.38. The zero-order valence-electron chi connectivity index (χ0n) is 14.8. The van der Waals surface area contributed by atoms with E-state index in [1.54, 1.807) is 18.2 Å². The summed E-state index contributed by atoms with van der Waals surface area (Å²) in [7, 11) is 4.61. The Morgan fingerprint density at radius 3 is 2.23 bits per heavy atom. The Balaban J connectivity index is 1.90. The molecule has 0 radical (unpaired) electrons. The first-order valence-electron chi connectivity index (χ1n) is 8.00. The van der Waals surface area contributed by atoms with Crippen LogP contribution in [0.1, 0.15) is 11.1 Å². The van der Waals surface area contributed by atoms with Gasteiger partial charge in [-0.15, -0.1) is 0 Å². The minimum atomic E-state index is -0.482. The van der Waals surface area contributed by atoms with Gasteiger partial charge < -0.3 is 18.9 Å². The van der Waals surface area contributed by atoms with Crippen LogP contribution in [0.3, 0.4) is 0 Å². The number of hydrogen-bond acceptors (Lipinski definition) is 6. The third-order valence-corrected chi connectivity index (χ3v) is 3.85. The second-order valence-corrected chi connectivity index (χ2v) is 5.55. The van der Waals surface area contributed by atoms with Crippen LogP contribution in [-0.4, -0.2) is 33.2 Å². The molecule has 0 unspecified atom stereocenters. The van der Waals surface area contributed by atoms with Crippen molar-refractivity contribution in [2.75, 3.05) is 21.3 Å². The van der Waals surface area contributed by atoms with Crippen molar-refractivity contribution in [3.05, 3.63) is 59.3 Å². The van der Waals surface area contributed by atoms with Crippen LogP contribution in [-0.2, 0) is 16.0 Å². The number of nitrogens with zero attached hydrogens (tertiary/aromatic N) is 1. The SMILES string of the molecule is COc1cc(/C=C2/N=C(Cc3ccccc3)OC2=O)cc(OC)c1OC. The Morgan fingerprint density at radius 2 is 1.65 bits per heavy atom. The Labute approximate surface area is 151 Å². The van der Waals surface area contributed by atoms with Gasteiger partial charge in [-0.2, -0.15) is 0 Å². The van der Waals surface area contributed by atoms with E-state index in [0.717, 1.165) is 5.56 Å². The molecule has 1 heterocycles. The van der Waals surface area contributed by atoms with Crippen molar-refractivity contribution in [2.24, 2.45) is 4.99 Å². The number of hydrogen-bond donors (Lipinski definition) is 0. The normalized spacial score (nSPS) is 14.8. The third-order valence-electron chi connectivity index (χ3n) is 3.85. The van der Waals surface area contributed by atoms with Crippen LogP contribution in [0, 0.1) is 0 Å². The molecule has 0 N–H and O–H groups in total. The monoisotopic (exact) mass is 353 g/mol. The molecule has 2 aromatic carbocycles. The van der Waals surface area contributed by atoms with E-state index in [2.05, 4.69) is 4.99 Å². The minimum absolute atomic E-state index is 0.227. The van der Waals surface area contributed by atoms with Gasteiger partial charge in [0.2, 0.25) is 11.6 Å². The van der Waals surface area contributed by atoms with Gasteiger partial charge in [-0.3, -0.25) is 0 Å². The van der Waals surface area contributed by atoms with Crippen molar-refractivity contribution in [3.63, 3.8) is 0 Å². The van der Waals surface area contributed by atoms with E-state index in [9.17, 15) is 4.79 Å². The van der Waals surface area contributed by atoms with Crippen LogP contribution in [0.25, 0.3) is 6.08 Å². The lowest BCUT2D eigenvalue weighted by molar-refractivity contribution is -0.130. The summed E-state index contributed by atoms with van der Waals surface area (Å²) >= 11 is 0. The fraction of sp³-hybridized carbons (Fsp3) is 0.200. The first kappa shape index (κ1) is 17.5. The fourth-order valence-electron chi connectivity index (χ4n) is 2.64. The van der Waals surface area contributed by atoms with Crippen molar-refractivity contribution >= 4 is 17.9 Å². The van der Waals surface area contributed by atoms with Gasteiger partial charge in [0.1, 0.15) is 0 Å². The molecule has 134 valence electrons. The van der Waals surface area contributed by atoms with Gasteiger partial charge in [-0.25, -0.2) is 9.79 Å². The van der Waals surface area contributed by atoms with Crippen LogP contribution < -0.4 is 14.2 Å². The molecule has 0 atom stereocenters. The third kappa shape index (κ3) is 3.69. The number of rotatable bonds is 6. The highest BCUT2D eigenvalue weighted by molar-refractivity contribution is 6.07. The lowest BCUT2D eigenvalue weighted by Crippen LogP contribution is -2.06. The van der Waals surface area contributed by atoms with E-state index in [4.69, 9.17) is 18.9 Å². The summed E-state index contributed by atoms with van der Waals surface area (Å²) in [4.78, 5) is 16.4. The largest absolute Gasteiger partial charge is 0.493 e. The van der Waals surface area contributed by atoms with Crippen molar-refractivity contribution in [1.29, 1.82) is 0 Å². The van der Waals surface area contributed by atoms with E-state index in [0.29, 0.717) is 35.1 Å². The molecule has 0 spiro atoms. The Hall–Kier alpha value is -3.28. The lowest BCUT2D eigenvalue weighted by Gasteiger charge is -2.12. The van der Waals surface area contributed by atoms with E-state index < -0.39 is 5.97 Å². The molecule has 0 bridgehead atoms. The van der Waals surface area contributed by atoms with Gasteiger partial charge in [-0.05, 0) is 29.3 Å². The Kier molecular flexibility index (Phi) is 5.22. The van der Waals surface area contributed by atoms with Gasteiger partial charge in [0.25, 0.3) is 0 Å². The molecule has 0 saturated carbocycles. The molecule has 26 heavy (non-hydrogen) atoms. The van der Waals surface area contributed by atoms with Crippen molar-refractivity contribution in [2.45, 2.75) is 6.42 Å². The van der Waals surface area contributed by atoms with Gasteiger partial charge in [0.15, 0.2) is 17.2 Å². The molecular formula is C20H19NO5. The number of esters is 1. The second-order valence-electron chi connectivity index (χ2n) is 5.55. The number of benzene rings is 2. The predicted octanol–water partition coefficient (Wildman–Crippen LogP) is 3.25. The number of methoxy groups -OCH3 is 3. The molecule has 0 aromatic heterocycles. The molecule has 1 aliphatic rings. The van der Waals surface area contributed by atoms with Gasteiger partial charge in [0.05, 0.1) is 21.3 Å². The number of cyclic esters (lactones) is 1. The predicted molar refractivity (Wildman–Crippen MR) is 97.7 cm³/mol. The van der Waals surface area contributed by atoms with Crippen LogP contribution in [0.15, 0.2) is 53.2 Å². The highest BCUT2D eigenvalue weighted by Crippen LogP contribution is 2.38. The maximum absolute atomic E-state index is 12.1. The fourth-order valence-corrected chi connectivity index (χ4v) is 2.64. The smallest absolute Gasteiger partial charge is 0.363 e. The van der Waals surface area contributed by atoms with Gasteiger partial charge in [0, 0.05) is 6.42 Å². The summed E-state index contributed by atoms with van der Waals surface area (Å²) in [5.41, 5.74) is 1.94. The average Bonchev–Trinajstić information content (AvgIpc) is 3.00. The molecule has 6 nitrogen and oxygen atoms in total. The first-order valence-corrected chi connectivity index (χ1v) is 8.00. The number of carbonyl (C=O) groups is 1. The zero-order chi connectivity index (χ0) is 18.5. The van der Waals surface area contributed by atoms with Crippen LogP contribution in [0.5, 0.6) is 17.2 Å². The Bertz CT molecular complexity index is 846. The summed E-state index contributed by atoms with van der Waals surface area (Å²) in [6.07, 6.45) is 2.09. The highest BCUT2D eigenvalue weighted by atomic mass is 16.6. The van der Waals surface area contributed by atoms with Gasteiger partial charge >= 0.3 is 5.97 Å².